The molecular formula is C9H13N5O4. The van der Waals surface area contributed by atoms with E-state index in [4.69, 9.17) is 5.11 Å². The molecule has 0 bridgehead atoms. The van der Waals surface area contributed by atoms with Gasteiger partial charge in [-0.15, -0.1) is 5.10 Å². The van der Waals surface area contributed by atoms with Crippen LogP contribution in [0.1, 0.15) is 17.4 Å². The summed E-state index contributed by atoms with van der Waals surface area (Å²) in [6, 6.07) is 0. The lowest BCUT2D eigenvalue weighted by Crippen LogP contribution is -2.35. The second-order valence-corrected chi connectivity index (χ2v) is 3.44. The average Bonchev–Trinajstić information content (AvgIpc) is 2.72. The first-order valence-electron chi connectivity index (χ1n) is 5.13. The van der Waals surface area contributed by atoms with Crippen molar-refractivity contribution < 1.29 is 19.5 Å². The topological polar surface area (TPSA) is 126 Å². The van der Waals surface area contributed by atoms with E-state index in [1.165, 1.54) is 6.92 Å². The van der Waals surface area contributed by atoms with E-state index in [9.17, 15) is 14.4 Å². The Morgan fingerprint density at radius 3 is 2.56 bits per heavy atom. The molecule has 98 valence electrons. The fraction of sp³-hybridized carbons (Fsp3) is 0.444. The molecule has 1 aromatic heterocycles. The molecule has 18 heavy (non-hydrogen) atoms. The van der Waals surface area contributed by atoms with E-state index in [1.54, 1.807) is 0 Å². The highest BCUT2D eigenvalue weighted by atomic mass is 16.4. The molecule has 0 aliphatic carbocycles. The predicted molar refractivity (Wildman–Crippen MR) is 58.7 cm³/mol. The van der Waals surface area contributed by atoms with Crippen molar-refractivity contribution in [1.29, 1.82) is 0 Å². The fourth-order valence-corrected chi connectivity index (χ4v) is 1.12. The monoisotopic (exact) mass is 255 g/mol. The Bertz CT molecular complexity index is 456. The van der Waals surface area contributed by atoms with Crippen LogP contribution in [0.2, 0.25) is 0 Å². The third-order valence-electron chi connectivity index (χ3n) is 1.88. The van der Waals surface area contributed by atoms with Crippen LogP contribution in [0.15, 0.2) is 6.20 Å². The Morgan fingerprint density at radius 2 is 2.00 bits per heavy atom. The second-order valence-electron chi connectivity index (χ2n) is 3.44. The smallest absolute Gasteiger partial charge is 0.358 e. The zero-order valence-corrected chi connectivity index (χ0v) is 9.71. The summed E-state index contributed by atoms with van der Waals surface area (Å²) < 4.78 is 1.12. The molecule has 0 aromatic carbocycles. The van der Waals surface area contributed by atoms with Crippen LogP contribution >= 0.6 is 0 Å². The standard InChI is InChI=1S/C9H13N5O4/c1-6(15)10-2-3-11-8(16)5-14-4-7(9(17)18)12-13-14/h4H,2-3,5H2,1H3,(H,10,15)(H,11,16)(H,17,18). The van der Waals surface area contributed by atoms with Gasteiger partial charge in [0.1, 0.15) is 6.54 Å². The molecule has 9 heteroatoms. The average molecular weight is 255 g/mol. The highest BCUT2D eigenvalue weighted by molar-refractivity contribution is 5.84. The normalized spacial score (nSPS) is 9.83. The second kappa shape index (κ2) is 6.33. The van der Waals surface area contributed by atoms with Gasteiger partial charge in [-0.3, -0.25) is 9.59 Å². The molecule has 0 fully saturated rings. The van der Waals surface area contributed by atoms with Gasteiger partial charge in [-0.1, -0.05) is 5.21 Å². The highest BCUT2D eigenvalue weighted by Crippen LogP contribution is 1.92. The van der Waals surface area contributed by atoms with Gasteiger partial charge in [-0.25, -0.2) is 9.48 Å². The summed E-state index contributed by atoms with van der Waals surface area (Å²) in [5.41, 5.74) is -0.221. The van der Waals surface area contributed by atoms with Crippen LogP contribution in [0, 0.1) is 0 Å². The number of aromatic nitrogens is 3. The van der Waals surface area contributed by atoms with Crippen LogP contribution in [0.25, 0.3) is 0 Å². The Balaban J connectivity index is 2.31. The number of aromatic carboxylic acids is 1. The number of rotatable bonds is 6. The van der Waals surface area contributed by atoms with Gasteiger partial charge in [0.15, 0.2) is 5.69 Å². The van der Waals surface area contributed by atoms with Gasteiger partial charge < -0.3 is 15.7 Å². The van der Waals surface area contributed by atoms with Gasteiger partial charge in [-0.2, -0.15) is 0 Å². The van der Waals surface area contributed by atoms with Crippen molar-refractivity contribution in [2.75, 3.05) is 13.1 Å². The van der Waals surface area contributed by atoms with E-state index in [-0.39, 0.29) is 24.1 Å². The Morgan fingerprint density at radius 1 is 1.33 bits per heavy atom. The van der Waals surface area contributed by atoms with Crippen molar-refractivity contribution in [2.45, 2.75) is 13.5 Å². The molecule has 1 heterocycles. The van der Waals surface area contributed by atoms with Crippen molar-refractivity contribution >= 4 is 17.8 Å². The maximum Gasteiger partial charge on any atom is 0.358 e. The number of carboxylic acid groups (broad SMARTS) is 1. The Kier molecular flexibility index (Phi) is 4.78. The first-order valence-corrected chi connectivity index (χ1v) is 5.13. The third-order valence-corrected chi connectivity index (χ3v) is 1.88. The summed E-state index contributed by atoms with van der Waals surface area (Å²) in [6.45, 7) is 1.88. The SMILES string of the molecule is CC(=O)NCCNC(=O)Cn1cc(C(=O)O)nn1. The number of hydrogen-bond acceptors (Lipinski definition) is 5. The van der Waals surface area contributed by atoms with Gasteiger partial charge in [0.05, 0.1) is 6.20 Å². The summed E-state index contributed by atoms with van der Waals surface area (Å²) >= 11 is 0. The van der Waals surface area contributed by atoms with Gasteiger partial charge in [0.2, 0.25) is 11.8 Å². The lowest BCUT2D eigenvalue weighted by atomic mass is 10.5. The van der Waals surface area contributed by atoms with E-state index in [2.05, 4.69) is 20.9 Å². The van der Waals surface area contributed by atoms with E-state index < -0.39 is 5.97 Å². The quantitative estimate of drug-likeness (QED) is 0.516. The molecule has 0 radical (unpaired) electrons. The zero-order chi connectivity index (χ0) is 13.5. The molecule has 2 amide bonds. The number of carbonyl (C=O) groups is 3. The summed E-state index contributed by atoms with van der Waals surface area (Å²) in [7, 11) is 0. The molecule has 1 aromatic rings. The van der Waals surface area contributed by atoms with Gasteiger partial charge in [-0.05, 0) is 0 Å². The fourth-order valence-electron chi connectivity index (χ4n) is 1.12. The molecule has 9 nitrogen and oxygen atoms in total. The van der Waals surface area contributed by atoms with E-state index >= 15 is 0 Å². The van der Waals surface area contributed by atoms with E-state index in [0.29, 0.717) is 13.1 Å². The molecule has 0 aliphatic rings. The number of carboxylic acids is 1. The Hall–Kier alpha value is -2.45. The molecule has 0 unspecified atom stereocenters. The summed E-state index contributed by atoms with van der Waals surface area (Å²) in [6.07, 6.45) is 1.16. The lowest BCUT2D eigenvalue weighted by molar-refractivity contribution is -0.122. The first kappa shape index (κ1) is 13.6. The molecule has 3 N–H and O–H groups in total. The molecule has 0 spiro atoms. The van der Waals surface area contributed by atoms with Crippen LogP contribution in [0.5, 0.6) is 0 Å². The first-order chi connectivity index (χ1) is 8.49. The van der Waals surface area contributed by atoms with Crippen LogP contribution in [-0.4, -0.2) is 51.0 Å². The maximum atomic E-state index is 11.4. The lowest BCUT2D eigenvalue weighted by Gasteiger charge is -2.05. The third kappa shape index (κ3) is 4.60. The molecule has 0 saturated carbocycles. The summed E-state index contributed by atoms with van der Waals surface area (Å²) in [4.78, 5) is 32.4. The van der Waals surface area contributed by atoms with Crippen LogP contribution in [0.4, 0.5) is 0 Å². The van der Waals surface area contributed by atoms with Gasteiger partial charge in [0, 0.05) is 20.0 Å². The summed E-state index contributed by atoms with van der Waals surface area (Å²) in [5, 5.41) is 20.5. The highest BCUT2D eigenvalue weighted by Gasteiger charge is 2.10. The number of hydrogen-bond donors (Lipinski definition) is 3. The maximum absolute atomic E-state index is 11.4. The zero-order valence-electron chi connectivity index (χ0n) is 9.71. The molecule has 0 atom stereocenters. The number of nitrogens with zero attached hydrogens (tertiary/aromatic N) is 3. The number of nitrogens with one attached hydrogen (secondary N) is 2. The summed E-state index contributed by atoms with van der Waals surface area (Å²) in [5.74, 6) is -1.72. The van der Waals surface area contributed by atoms with Crippen molar-refractivity contribution in [3.63, 3.8) is 0 Å². The van der Waals surface area contributed by atoms with E-state index in [1.807, 2.05) is 0 Å². The molecule has 0 aliphatic heterocycles. The molecular weight excluding hydrogens is 242 g/mol. The minimum Gasteiger partial charge on any atom is -0.476 e. The van der Waals surface area contributed by atoms with Gasteiger partial charge >= 0.3 is 5.97 Å². The van der Waals surface area contributed by atoms with Crippen LogP contribution in [-0.2, 0) is 16.1 Å². The van der Waals surface area contributed by atoms with Crippen LogP contribution in [0.3, 0.4) is 0 Å². The largest absolute Gasteiger partial charge is 0.476 e. The van der Waals surface area contributed by atoms with E-state index in [0.717, 1.165) is 10.9 Å². The minimum atomic E-state index is -1.20. The number of carbonyl (C=O) groups excluding carboxylic acids is 2. The predicted octanol–water partition coefficient (Wildman–Crippen LogP) is -1.77. The molecule has 0 saturated heterocycles. The van der Waals surface area contributed by atoms with Crippen molar-refractivity contribution in [3.05, 3.63) is 11.9 Å². The van der Waals surface area contributed by atoms with Crippen LogP contribution < -0.4 is 10.6 Å². The van der Waals surface area contributed by atoms with Crippen molar-refractivity contribution in [2.24, 2.45) is 0 Å². The molecule has 1 rings (SSSR count). The number of amides is 2. The Labute approximate surface area is 102 Å². The van der Waals surface area contributed by atoms with Crippen molar-refractivity contribution in [1.82, 2.24) is 25.6 Å². The minimum absolute atomic E-state index is 0.125. The van der Waals surface area contributed by atoms with Gasteiger partial charge in [0.25, 0.3) is 0 Å². The van der Waals surface area contributed by atoms with Crippen molar-refractivity contribution in [3.8, 4) is 0 Å².